The van der Waals surface area contributed by atoms with Crippen LogP contribution in [0.25, 0.3) is 0 Å². The molecule has 0 aliphatic rings. The summed E-state index contributed by atoms with van der Waals surface area (Å²) in [6, 6.07) is 7.19. The van der Waals surface area contributed by atoms with Gasteiger partial charge in [0.1, 0.15) is 0 Å². The number of hydroxylamine groups is 1. The van der Waals surface area contributed by atoms with Gasteiger partial charge in [0, 0.05) is 6.66 Å². The van der Waals surface area contributed by atoms with Gasteiger partial charge < -0.3 is 4.89 Å². The van der Waals surface area contributed by atoms with E-state index in [2.05, 4.69) is 0 Å². The molecule has 0 bridgehead atoms. The molecule has 1 aromatic carbocycles. The van der Waals surface area contributed by atoms with Gasteiger partial charge in [0.2, 0.25) is 17.4 Å². The van der Waals surface area contributed by atoms with Crippen molar-refractivity contribution in [2.24, 2.45) is 0 Å². The van der Waals surface area contributed by atoms with Crippen molar-refractivity contribution in [2.45, 2.75) is 4.90 Å². The Morgan fingerprint density at radius 2 is 1.90 bits per heavy atom. The van der Waals surface area contributed by atoms with E-state index < -0.39 is 36.1 Å². The Hall–Kier alpha value is -1.25. The highest BCUT2D eigenvalue weighted by molar-refractivity contribution is 7.89. The highest BCUT2D eigenvalue weighted by Crippen LogP contribution is 2.37. The molecule has 0 saturated carbocycles. The normalized spacial score (nSPS) is 14.8. The lowest BCUT2D eigenvalue weighted by Gasteiger charge is -2.22. The van der Waals surface area contributed by atoms with Crippen LogP contribution in [0.15, 0.2) is 35.2 Å². The number of nitrogens with one attached hydrogen (secondary N) is 1. The fourth-order valence-electron chi connectivity index (χ4n) is 1.44. The van der Waals surface area contributed by atoms with Crippen LogP contribution in [-0.4, -0.2) is 48.2 Å². The van der Waals surface area contributed by atoms with Crippen LogP contribution in [0.1, 0.15) is 0 Å². The first-order valence-corrected chi connectivity index (χ1v) is 9.17. The predicted molar refractivity (Wildman–Crippen MR) is 70.9 cm³/mol. The highest BCUT2D eigenvalue weighted by Gasteiger charge is 2.30. The van der Waals surface area contributed by atoms with Gasteiger partial charge in [-0.15, -0.1) is 0 Å². The molecule has 8 nitrogen and oxygen atoms in total. The smallest absolute Gasteiger partial charge is 0.258 e. The van der Waals surface area contributed by atoms with Gasteiger partial charge in [-0.1, -0.05) is 18.2 Å². The second kappa shape index (κ2) is 6.47. The van der Waals surface area contributed by atoms with Gasteiger partial charge in [0.15, 0.2) is 0 Å². The van der Waals surface area contributed by atoms with Crippen molar-refractivity contribution in [1.29, 1.82) is 0 Å². The second-order valence-electron chi connectivity index (χ2n) is 4.16. The highest BCUT2D eigenvalue weighted by atomic mass is 32.2. The van der Waals surface area contributed by atoms with Crippen LogP contribution in [-0.2, 0) is 19.4 Å². The third kappa shape index (κ3) is 4.69. The van der Waals surface area contributed by atoms with Crippen LogP contribution in [0, 0.1) is 0 Å². The molecule has 0 radical (unpaired) electrons. The number of sulfonamides is 1. The van der Waals surface area contributed by atoms with Gasteiger partial charge >= 0.3 is 0 Å². The Kier molecular flexibility index (Phi) is 5.43. The van der Waals surface area contributed by atoms with Crippen LogP contribution in [0.2, 0.25) is 0 Å². The molecule has 0 saturated heterocycles. The third-order valence-corrected chi connectivity index (χ3v) is 5.11. The Labute approximate surface area is 116 Å². The maximum atomic E-state index is 12.3. The zero-order chi connectivity index (χ0) is 15.4. The Morgan fingerprint density at radius 1 is 1.35 bits per heavy atom. The lowest BCUT2D eigenvalue weighted by Crippen LogP contribution is -2.40. The van der Waals surface area contributed by atoms with Crippen molar-refractivity contribution < 1.29 is 27.9 Å². The topological polar surface area (TPSA) is 124 Å². The monoisotopic (exact) mass is 322 g/mol. The van der Waals surface area contributed by atoms with E-state index in [-0.39, 0.29) is 4.90 Å². The van der Waals surface area contributed by atoms with Crippen LogP contribution in [0.3, 0.4) is 0 Å². The van der Waals surface area contributed by atoms with Gasteiger partial charge in [0.25, 0.3) is 5.91 Å². The van der Waals surface area contributed by atoms with E-state index in [1.54, 1.807) is 6.07 Å². The van der Waals surface area contributed by atoms with Crippen molar-refractivity contribution in [3.8, 4) is 0 Å². The Balaban J connectivity index is 3.15. The fourth-order valence-corrected chi connectivity index (χ4v) is 4.46. The first kappa shape index (κ1) is 16.8. The second-order valence-corrected chi connectivity index (χ2v) is 8.48. The summed E-state index contributed by atoms with van der Waals surface area (Å²) in [4.78, 5) is 20.4. The number of hydrogen-bond acceptors (Lipinski definition) is 5. The van der Waals surface area contributed by atoms with Crippen LogP contribution in [0.4, 0.5) is 0 Å². The van der Waals surface area contributed by atoms with Crippen LogP contribution in [0.5, 0.6) is 0 Å². The minimum absolute atomic E-state index is 0.112. The van der Waals surface area contributed by atoms with Crippen LogP contribution >= 0.6 is 7.37 Å². The van der Waals surface area contributed by atoms with E-state index in [1.807, 2.05) is 0 Å². The molecule has 10 heteroatoms. The lowest BCUT2D eigenvalue weighted by atomic mass is 10.4. The van der Waals surface area contributed by atoms with Crippen LogP contribution < -0.4 is 5.48 Å². The average molecular weight is 322 g/mol. The molecule has 1 rings (SSSR count). The first-order valence-electron chi connectivity index (χ1n) is 5.44. The number of nitrogens with zero attached hydrogens (tertiary/aromatic N) is 1. The molecule has 112 valence electrons. The zero-order valence-electron chi connectivity index (χ0n) is 10.6. The Bertz CT molecular complexity index is 612. The molecule has 0 heterocycles. The maximum Gasteiger partial charge on any atom is 0.258 e. The minimum Gasteiger partial charge on any atom is -0.344 e. The SMILES string of the molecule is CP(=O)(O)CN(CC(=O)NO)S(=O)(=O)c1ccccc1. The fraction of sp³-hybridized carbons (Fsp3) is 0.300. The molecule has 1 unspecified atom stereocenters. The largest absolute Gasteiger partial charge is 0.344 e. The van der Waals surface area contributed by atoms with E-state index in [0.29, 0.717) is 4.31 Å². The molecule has 0 aromatic heterocycles. The van der Waals surface area contributed by atoms with E-state index in [4.69, 9.17) is 5.21 Å². The van der Waals surface area contributed by atoms with Crippen molar-refractivity contribution >= 4 is 23.3 Å². The summed E-state index contributed by atoms with van der Waals surface area (Å²) in [7, 11) is -7.83. The zero-order valence-corrected chi connectivity index (χ0v) is 12.3. The molecule has 0 fully saturated rings. The Morgan fingerprint density at radius 3 is 2.35 bits per heavy atom. The lowest BCUT2D eigenvalue weighted by molar-refractivity contribution is -0.129. The van der Waals surface area contributed by atoms with Gasteiger partial charge in [0.05, 0.1) is 17.7 Å². The van der Waals surface area contributed by atoms with Gasteiger partial charge in [-0.25, -0.2) is 13.9 Å². The average Bonchev–Trinajstić information content (AvgIpc) is 2.37. The molecule has 0 spiro atoms. The molecule has 0 aliphatic carbocycles. The summed E-state index contributed by atoms with van der Waals surface area (Å²) in [5.41, 5.74) is 1.29. The molecule has 20 heavy (non-hydrogen) atoms. The van der Waals surface area contributed by atoms with E-state index >= 15 is 0 Å². The number of rotatable bonds is 6. The van der Waals surface area contributed by atoms with E-state index in [1.165, 1.54) is 29.7 Å². The number of hydrogen-bond donors (Lipinski definition) is 3. The number of amides is 1. The van der Waals surface area contributed by atoms with E-state index in [9.17, 15) is 22.7 Å². The number of benzene rings is 1. The standard InChI is InChI=1S/C10H15N2O6PS/c1-19(15,16)8-12(7-10(13)11-14)20(17,18)9-5-3-2-4-6-9/h2-6,14H,7-8H2,1H3,(H,11,13)(H,15,16). The van der Waals surface area contributed by atoms with Crippen molar-refractivity contribution in [3.05, 3.63) is 30.3 Å². The van der Waals surface area contributed by atoms with Crippen molar-refractivity contribution in [1.82, 2.24) is 9.79 Å². The molecule has 3 N–H and O–H groups in total. The van der Waals surface area contributed by atoms with Gasteiger partial charge in [-0.3, -0.25) is 14.6 Å². The third-order valence-electron chi connectivity index (χ3n) is 2.25. The number of carbonyl (C=O) groups excluding carboxylic acids is 1. The van der Waals surface area contributed by atoms with E-state index in [0.717, 1.165) is 6.66 Å². The summed E-state index contributed by atoms with van der Waals surface area (Å²) in [5.74, 6) is -1.00. The van der Waals surface area contributed by atoms with Gasteiger partial charge in [-0.05, 0) is 12.1 Å². The number of carbonyl (C=O) groups is 1. The molecular formula is C10H15N2O6PS. The maximum absolute atomic E-state index is 12.3. The summed E-state index contributed by atoms with van der Waals surface area (Å²) < 4.78 is 36.6. The first-order chi connectivity index (χ1) is 9.16. The van der Waals surface area contributed by atoms with Crippen molar-refractivity contribution in [3.63, 3.8) is 0 Å². The molecule has 0 aliphatic heterocycles. The summed E-state index contributed by atoms with van der Waals surface area (Å²) in [5, 5.41) is 8.47. The molecular weight excluding hydrogens is 307 g/mol. The minimum atomic E-state index is -4.11. The quantitative estimate of drug-likeness (QED) is 0.386. The summed E-state index contributed by atoms with van der Waals surface area (Å²) in [6.07, 6.45) is -0.725. The van der Waals surface area contributed by atoms with Crippen molar-refractivity contribution in [2.75, 3.05) is 19.5 Å². The predicted octanol–water partition coefficient (Wildman–Crippen LogP) is 0.0404. The molecule has 1 amide bonds. The molecule has 1 atom stereocenters. The molecule has 1 aromatic rings. The summed E-state index contributed by atoms with van der Waals surface area (Å²) in [6.45, 7) is 0.226. The summed E-state index contributed by atoms with van der Waals surface area (Å²) >= 11 is 0. The van der Waals surface area contributed by atoms with Gasteiger partial charge in [-0.2, -0.15) is 4.31 Å².